The number of anilines is 2. The zero-order valence-electron chi connectivity index (χ0n) is 15.5. The van der Waals surface area contributed by atoms with Gasteiger partial charge in [0.25, 0.3) is 0 Å². The van der Waals surface area contributed by atoms with Gasteiger partial charge in [0.1, 0.15) is 5.75 Å². The summed E-state index contributed by atoms with van der Waals surface area (Å²) in [5.41, 5.74) is 6.97. The minimum Gasteiger partial charge on any atom is -0.495 e. The number of hydrogen-bond acceptors (Lipinski definition) is 5. The van der Waals surface area contributed by atoms with E-state index in [1.165, 1.54) is 6.42 Å². The molecule has 0 aliphatic carbocycles. The number of likely N-dealkylation sites (tertiary alicyclic amines) is 2. The number of carbonyl (C=O) groups excluding carboxylic acids is 2. The quantitative estimate of drug-likeness (QED) is 0.752. The van der Waals surface area contributed by atoms with Gasteiger partial charge in [0.05, 0.1) is 18.7 Å². The number of methoxy groups -OCH3 is 1. The van der Waals surface area contributed by atoms with E-state index in [1.807, 2.05) is 4.90 Å². The molecule has 3 N–H and O–H groups in total. The lowest BCUT2D eigenvalue weighted by atomic mass is 10.1. The number of hydrogen-bond donors (Lipinski definition) is 2. The van der Waals surface area contributed by atoms with Gasteiger partial charge >= 0.3 is 0 Å². The van der Waals surface area contributed by atoms with Crippen molar-refractivity contribution in [3.8, 4) is 5.75 Å². The van der Waals surface area contributed by atoms with E-state index in [9.17, 15) is 9.59 Å². The molecule has 2 atom stereocenters. The molecule has 2 saturated heterocycles. The normalized spacial score (nSPS) is 23.5. The van der Waals surface area contributed by atoms with E-state index in [4.69, 9.17) is 10.5 Å². The fourth-order valence-corrected chi connectivity index (χ4v) is 3.95. The Labute approximate surface area is 154 Å². The molecular formula is C19H28N4O3. The van der Waals surface area contributed by atoms with Crippen LogP contribution >= 0.6 is 0 Å². The summed E-state index contributed by atoms with van der Waals surface area (Å²) >= 11 is 0. The van der Waals surface area contributed by atoms with E-state index >= 15 is 0 Å². The smallest absolute Gasteiger partial charge is 0.229 e. The minimum absolute atomic E-state index is 0.0716. The third-order valence-electron chi connectivity index (χ3n) is 5.42. The van der Waals surface area contributed by atoms with Crippen molar-refractivity contribution in [1.29, 1.82) is 0 Å². The Morgan fingerprint density at radius 2 is 2.23 bits per heavy atom. The van der Waals surface area contributed by atoms with Crippen LogP contribution in [0.15, 0.2) is 18.2 Å². The van der Waals surface area contributed by atoms with Crippen molar-refractivity contribution >= 4 is 23.2 Å². The molecule has 7 heteroatoms. The molecule has 7 nitrogen and oxygen atoms in total. The van der Waals surface area contributed by atoms with Gasteiger partial charge in [-0.05, 0) is 44.1 Å². The van der Waals surface area contributed by atoms with Crippen LogP contribution in [0.4, 0.5) is 11.4 Å². The van der Waals surface area contributed by atoms with Gasteiger partial charge in [-0.15, -0.1) is 0 Å². The Morgan fingerprint density at radius 1 is 1.42 bits per heavy atom. The number of nitrogen functional groups attached to an aromatic ring is 1. The highest BCUT2D eigenvalue weighted by Crippen LogP contribution is 2.27. The predicted molar refractivity (Wildman–Crippen MR) is 101 cm³/mol. The molecule has 0 spiro atoms. The zero-order chi connectivity index (χ0) is 18.7. The van der Waals surface area contributed by atoms with E-state index in [0.717, 1.165) is 26.1 Å². The molecule has 26 heavy (non-hydrogen) atoms. The molecule has 2 heterocycles. The number of benzene rings is 1. The van der Waals surface area contributed by atoms with Crippen molar-refractivity contribution in [3.05, 3.63) is 18.2 Å². The Balaban J connectivity index is 1.57. The van der Waals surface area contributed by atoms with Crippen LogP contribution in [0.2, 0.25) is 0 Å². The monoisotopic (exact) mass is 360 g/mol. The lowest BCUT2D eigenvalue weighted by Gasteiger charge is -2.27. The second kappa shape index (κ2) is 7.95. The summed E-state index contributed by atoms with van der Waals surface area (Å²) in [4.78, 5) is 29.2. The van der Waals surface area contributed by atoms with Gasteiger partial charge in [0, 0.05) is 31.2 Å². The highest BCUT2D eigenvalue weighted by Gasteiger charge is 2.36. The lowest BCUT2D eigenvalue weighted by Crippen LogP contribution is -2.41. The van der Waals surface area contributed by atoms with Crippen LogP contribution < -0.4 is 15.8 Å². The molecule has 3 rings (SSSR count). The summed E-state index contributed by atoms with van der Waals surface area (Å²) in [7, 11) is 1.55. The molecule has 2 unspecified atom stereocenters. The Morgan fingerprint density at radius 3 is 2.92 bits per heavy atom. The van der Waals surface area contributed by atoms with Gasteiger partial charge in [0.15, 0.2) is 0 Å². The van der Waals surface area contributed by atoms with Crippen molar-refractivity contribution < 1.29 is 14.3 Å². The third kappa shape index (κ3) is 3.93. The van der Waals surface area contributed by atoms with Gasteiger partial charge in [0.2, 0.25) is 11.8 Å². The molecule has 1 aromatic carbocycles. The van der Waals surface area contributed by atoms with Crippen molar-refractivity contribution in [3.63, 3.8) is 0 Å². The highest BCUT2D eigenvalue weighted by atomic mass is 16.5. The summed E-state index contributed by atoms with van der Waals surface area (Å²) in [6.45, 7) is 5.48. The molecule has 2 aliphatic rings. The third-order valence-corrected chi connectivity index (χ3v) is 5.42. The SMILES string of the molecule is CCN1CCCC1CN1CC(C(=O)Nc2ccc(OC)c(N)c2)CC1=O. The molecule has 0 bridgehead atoms. The molecule has 0 saturated carbocycles. The largest absolute Gasteiger partial charge is 0.495 e. The van der Waals surface area contributed by atoms with E-state index in [2.05, 4.69) is 17.1 Å². The average Bonchev–Trinajstić information content (AvgIpc) is 3.22. The van der Waals surface area contributed by atoms with E-state index in [0.29, 0.717) is 29.7 Å². The predicted octanol–water partition coefficient (Wildman–Crippen LogP) is 1.55. The topological polar surface area (TPSA) is 87.9 Å². The van der Waals surface area contributed by atoms with Crippen molar-refractivity contribution in [2.24, 2.45) is 5.92 Å². The molecule has 2 amide bonds. The van der Waals surface area contributed by atoms with E-state index < -0.39 is 0 Å². The van der Waals surface area contributed by atoms with Crippen molar-refractivity contribution in [2.75, 3.05) is 44.3 Å². The second-order valence-corrected chi connectivity index (χ2v) is 7.07. The van der Waals surface area contributed by atoms with Crippen molar-refractivity contribution in [2.45, 2.75) is 32.2 Å². The average molecular weight is 360 g/mol. The van der Waals surface area contributed by atoms with Gasteiger partial charge in [-0.3, -0.25) is 14.5 Å². The Bertz CT molecular complexity index is 679. The molecule has 0 radical (unpaired) electrons. The molecule has 2 aliphatic heterocycles. The molecule has 2 fully saturated rings. The first-order valence-electron chi connectivity index (χ1n) is 9.28. The fourth-order valence-electron chi connectivity index (χ4n) is 3.95. The minimum atomic E-state index is -0.317. The number of amides is 2. The van der Waals surface area contributed by atoms with Crippen LogP contribution in [-0.4, -0.2) is 60.9 Å². The summed E-state index contributed by atoms with van der Waals surface area (Å²) in [6.07, 6.45) is 2.58. The van der Waals surface area contributed by atoms with Gasteiger partial charge in [-0.2, -0.15) is 0 Å². The number of carbonyl (C=O) groups is 2. The zero-order valence-corrected chi connectivity index (χ0v) is 15.5. The van der Waals surface area contributed by atoms with Gasteiger partial charge in [-0.1, -0.05) is 6.92 Å². The maximum Gasteiger partial charge on any atom is 0.229 e. The highest BCUT2D eigenvalue weighted by molar-refractivity contribution is 5.97. The lowest BCUT2D eigenvalue weighted by molar-refractivity contribution is -0.128. The van der Waals surface area contributed by atoms with Crippen LogP contribution in [0.25, 0.3) is 0 Å². The molecular weight excluding hydrogens is 332 g/mol. The van der Waals surface area contributed by atoms with E-state index in [1.54, 1.807) is 25.3 Å². The summed E-state index contributed by atoms with van der Waals surface area (Å²) < 4.78 is 5.12. The maximum atomic E-state index is 12.6. The molecule has 0 aromatic heterocycles. The standard InChI is InChI=1S/C19H28N4O3/c1-3-22-8-4-5-15(22)12-23-11-13(9-18(23)24)19(25)21-14-6-7-17(26-2)16(20)10-14/h6-7,10,13,15H,3-5,8-9,11-12,20H2,1-2H3,(H,21,25). The summed E-state index contributed by atoms with van der Waals surface area (Å²) in [5, 5.41) is 2.87. The number of nitrogens with zero attached hydrogens (tertiary/aromatic N) is 2. The van der Waals surface area contributed by atoms with Crippen LogP contribution in [0.5, 0.6) is 5.75 Å². The number of nitrogens with one attached hydrogen (secondary N) is 1. The van der Waals surface area contributed by atoms with Gasteiger partial charge in [-0.25, -0.2) is 0 Å². The summed E-state index contributed by atoms with van der Waals surface area (Å²) in [5.74, 6) is 0.191. The molecule has 142 valence electrons. The van der Waals surface area contributed by atoms with Crippen LogP contribution in [0, 0.1) is 5.92 Å². The van der Waals surface area contributed by atoms with Gasteiger partial charge < -0.3 is 20.7 Å². The number of likely N-dealkylation sites (N-methyl/N-ethyl adjacent to an activating group) is 1. The molecule has 1 aromatic rings. The first-order chi connectivity index (χ1) is 12.5. The first-order valence-corrected chi connectivity index (χ1v) is 9.28. The number of rotatable bonds is 6. The Hall–Kier alpha value is -2.28. The Kier molecular flexibility index (Phi) is 5.66. The van der Waals surface area contributed by atoms with E-state index in [-0.39, 0.29) is 24.2 Å². The van der Waals surface area contributed by atoms with Crippen LogP contribution in [0.1, 0.15) is 26.2 Å². The number of ether oxygens (including phenoxy) is 1. The number of nitrogens with two attached hydrogens (primary N) is 1. The second-order valence-electron chi connectivity index (χ2n) is 7.07. The maximum absolute atomic E-state index is 12.6. The summed E-state index contributed by atoms with van der Waals surface area (Å²) in [6, 6.07) is 5.56. The first kappa shape index (κ1) is 18.5. The van der Waals surface area contributed by atoms with Crippen molar-refractivity contribution in [1.82, 2.24) is 9.80 Å². The van der Waals surface area contributed by atoms with Crippen LogP contribution in [0.3, 0.4) is 0 Å². The fraction of sp³-hybridized carbons (Fsp3) is 0.579. The van der Waals surface area contributed by atoms with Crippen LogP contribution in [-0.2, 0) is 9.59 Å².